The van der Waals surface area contributed by atoms with E-state index in [0.717, 1.165) is 37.6 Å². The number of fused-ring (bicyclic) bond motifs is 1. The lowest BCUT2D eigenvalue weighted by molar-refractivity contribution is 0.0753. The van der Waals surface area contributed by atoms with E-state index in [9.17, 15) is 4.79 Å². The number of aromatic nitrogens is 1. The van der Waals surface area contributed by atoms with Gasteiger partial charge in [0, 0.05) is 31.2 Å². The van der Waals surface area contributed by atoms with E-state index in [0.29, 0.717) is 24.1 Å². The monoisotopic (exact) mass is 341 g/mol. The number of anilines is 1. The van der Waals surface area contributed by atoms with Gasteiger partial charge in [0.15, 0.2) is 5.76 Å². The number of nitrogens with one attached hydrogen (secondary N) is 1. The van der Waals surface area contributed by atoms with Crippen LogP contribution in [0.5, 0.6) is 0 Å². The maximum Gasteiger partial charge on any atom is 0.287 e. The summed E-state index contributed by atoms with van der Waals surface area (Å²) in [6.45, 7) is 5.23. The Labute approximate surface area is 147 Å². The Morgan fingerprint density at radius 1 is 1.36 bits per heavy atom. The molecule has 3 atom stereocenters. The minimum absolute atomic E-state index is 0.0801. The minimum atomic E-state index is -0.182. The standard InChI is InChI=1S/C19H23N3O3/c1-13-4-2-6-18(21-13)22-8-7-15-14(11-22)12-25-17(15)10-20-19(23)16-5-3-9-24-16/h2-6,9,14-15,17H,7-8,10-12H2,1H3,(H,20,23)/t14-,15-,17+/m1/s1. The average molecular weight is 341 g/mol. The highest BCUT2D eigenvalue weighted by molar-refractivity contribution is 5.91. The summed E-state index contributed by atoms with van der Waals surface area (Å²) in [6.07, 6.45) is 2.64. The number of piperidine rings is 1. The fraction of sp³-hybridized carbons (Fsp3) is 0.474. The number of rotatable bonds is 4. The van der Waals surface area contributed by atoms with Crippen LogP contribution in [-0.4, -0.2) is 43.2 Å². The van der Waals surface area contributed by atoms with Crippen LogP contribution in [0, 0.1) is 18.8 Å². The first-order valence-electron chi connectivity index (χ1n) is 8.82. The first-order valence-corrected chi connectivity index (χ1v) is 8.82. The van der Waals surface area contributed by atoms with Crippen LogP contribution in [0.2, 0.25) is 0 Å². The maximum atomic E-state index is 12.0. The van der Waals surface area contributed by atoms with E-state index in [-0.39, 0.29) is 12.0 Å². The third kappa shape index (κ3) is 3.39. The molecular weight excluding hydrogens is 318 g/mol. The number of aryl methyl sites for hydroxylation is 1. The molecule has 1 amide bonds. The summed E-state index contributed by atoms with van der Waals surface area (Å²) in [5.41, 5.74) is 1.04. The van der Waals surface area contributed by atoms with E-state index in [2.05, 4.69) is 27.3 Å². The van der Waals surface area contributed by atoms with E-state index in [1.165, 1.54) is 6.26 Å². The zero-order valence-corrected chi connectivity index (χ0v) is 14.4. The minimum Gasteiger partial charge on any atom is -0.459 e. The number of nitrogens with zero attached hydrogens (tertiary/aromatic N) is 2. The van der Waals surface area contributed by atoms with Crippen molar-refractivity contribution < 1.29 is 13.9 Å². The number of furan rings is 1. The van der Waals surface area contributed by atoms with Crippen LogP contribution < -0.4 is 10.2 Å². The molecule has 0 unspecified atom stereocenters. The highest BCUT2D eigenvalue weighted by atomic mass is 16.5. The number of ether oxygens (including phenoxy) is 1. The third-order valence-electron chi connectivity index (χ3n) is 5.20. The Kier molecular flexibility index (Phi) is 4.44. The summed E-state index contributed by atoms with van der Waals surface area (Å²) in [7, 11) is 0. The van der Waals surface area contributed by atoms with Crippen LogP contribution in [0.3, 0.4) is 0 Å². The van der Waals surface area contributed by atoms with E-state index in [1.807, 2.05) is 13.0 Å². The van der Waals surface area contributed by atoms with Crippen molar-refractivity contribution in [1.82, 2.24) is 10.3 Å². The molecule has 1 N–H and O–H groups in total. The second-order valence-electron chi connectivity index (χ2n) is 6.85. The largest absolute Gasteiger partial charge is 0.459 e. The highest BCUT2D eigenvalue weighted by Crippen LogP contribution is 2.35. The van der Waals surface area contributed by atoms with Gasteiger partial charge in [-0.15, -0.1) is 0 Å². The molecule has 0 aliphatic carbocycles. The number of hydrogen-bond donors (Lipinski definition) is 1. The second kappa shape index (κ2) is 6.88. The number of hydrogen-bond acceptors (Lipinski definition) is 5. The van der Waals surface area contributed by atoms with Gasteiger partial charge in [0.2, 0.25) is 0 Å². The smallest absolute Gasteiger partial charge is 0.287 e. The second-order valence-corrected chi connectivity index (χ2v) is 6.85. The van der Waals surface area contributed by atoms with Gasteiger partial charge in [0.25, 0.3) is 5.91 Å². The third-order valence-corrected chi connectivity index (χ3v) is 5.20. The number of carbonyl (C=O) groups excluding carboxylic acids is 1. The van der Waals surface area contributed by atoms with E-state index in [1.54, 1.807) is 12.1 Å². The van der Waals surface area contributed by atoms with Gasteiger partial charge in [0.1, 0.15) is 5.82 Å². The molecular formula is C19H23N3O3. The van der Waals surface area contributed by atoms with Crippen molar-refractivity contribution in [1.29, 1.82) is 0 Å². The van der Waals surface area contributed by atoms with Crippen molar-refractivity contribution in [2.75, 3.05) is 31.1 Å². The molecule has 132 valence electrons. The molecule has 4 rings (SSSR count). The van der Waals surface area contributed by atoms with Gasteiger partial charge in [-0.25, -0.2) is 4.98 Å². The average Bonchev–Trinajstić information content (AvgIpc) is 3.29. The molecule has 6 nitrogen and oxygen atoms in total. The summed E-state index contributed by atoms with van der Waals surface area (Å²) in [4.78, 5) is 19.0. The molecule has 25 heavy (non-hydrogen) atoms. The maximum absolute atomic E-state index is 12.0. The van der Waals surface area contributed by atoms with Gasteiger partial charge in [-0.3, -0.25) is 4.79 Å². The summed E-state index contributed by atoms with van der Waals surface area (Å²) in [5, 5.41) is 2.93. The van der Waals surface area contributed by atoms with Crippen molar-refractivity contribution in [2.24, 2.45) is 11.8 Å². The summed E-state index contributed by atoms with van der Waals surface area (Å²) in [5.74, 6) is 2.18. The molecule has 2 aliphatic rings. The highest BCUT2D eigenvalue weighted by Gasteiger charge is 2.41. The quantitative estimate of drug-likeness (QED) is 0.924. The summed E-state index contributed by atoms with van der Waals surface area (Å²) in [6, 6.07) is 9.53. The molecule has 0 spiro atoms. The predicted octanol–water partition coefficient (Wildman–Crippen LogP) is 2.25. The predicted molar refractivity (Wildman–Crippen MR) is 93.6 cm³/mol. The summed E-state index contributed by atoms with van der Waals surface area (Å²) >= 11 is 0. The normalized spacial score (nSPS) is 25.6. The Morgan fingerprint density at radius 3 is 3.08 bits per heavy atom. The number of carbonyl (C=O) groups is 1. The molecule has 2 aromatic rings. The van der Waals surface area contributed by atoms with Crippen molar-refractivity contribution in [3.8, 4) is 0 Å². The molecule has 0 aromatic carbocycles. The lowest BCUT2D eigenvalue weighted by atomic mass is 9.84. The van der Waals surface area contributed by atoms with Crippen molar-refractivity contribution in [2.45, 2.75) is 19.4 Å². The Balaban J connectivity index is 1.34. The van der Waals surface area contributed by atoms with Crippen molar-refractivity contribution in [3.05, 3.63) is 48.0 Å². The SMILES string of the molecule is Cc1cccc(N2CC[C@@H]3[C@@H](CO[C@H]3CNC(=O)c3ccco3)C2)n1. The van der Waals surface area contributed by atoms with Gasteiger partial charge < -0.3 is 19.4 Å². The van der Waals surface area contributed by atoms with Crippen LogP contribution in [0.1, 0.15) is 22.7 Å². The van der Waals surface area contributed by atoms with Crippen LogP contribution in [0.25, 0.3) is 0 Å². The lowest BCUT2D eigenvalue weighted by Crippen LogP contribution is -2.44. The molecule has 0 bridgehead atoms. The van der Waals surface area contributed by atoms with E-state index >= 15 is 0 Å². The zero-order chi connectivity index (χ0) is 17.2. The van der Waals surface area contributed by atoms with Crippen molar-refractivity contribution in [3.63, 3.8) is 0 Å². The van der Waals surface area contributed by atoms with Crippen LogP contribution in [-0.2, 0) is 4.74 Å². The fourth-order valence-corrected chi connectivity index (χ4v) is 3.90. The molecule has 2 aliphatic heterocycles. The van der Waals surface area contributed by atoms with E-state index < -0.39 is 0 Å². The molecule has 2 saturated heterocycles. The summed E-state index contributed by atoms with van der Waals surface area (Å²) < 4.78 is 11.1. The Morgan fingerprint density at radius 2 is 2.28 bits per heavy atom. The Hall–Kier alpha value is -2.34. The molecule has 0 saturated carbocycles. The van der Waals surface area contributed by atoms with Crippen LogP contribution >= 0.6 is 0 Å². The van der Waals surface area contributed by atoms with E-state index in [4.69, 9.17) is 9.15 Å². The van der Waals surface area contributed by atoms with Crippen LogP contribution in [0.4, 0.5) is 5.82 Å². The molecule has 2 fully saturated rings. The first kappa shape index (κ1) is 16.1. The molecule has 0 radical (unpaired) electrons. The molecule has 4 heterocycles. The van der Waals surface area contributed by atoms with Crippen LogP contribution in [0.15, 0.2) is 41.0 Å². The number of pyridine rings is 1. The first-order chi connectivity index (χ1) is 12.2. The van der Waals surface area contributed by atoms with Gasteiger partial charge >= 0.3 is 0 Å². The van der Waals surface area contributed by atoms with Crippen molar-refractivity contribution >= 4 is 11.7 Å². The lowest BCUT2D eigenvalue weighted by Gasteiger charge is -2.36. The molecule has 2 aromatic heterocycles. The molecule has 6 heteroatoms. The number of amides is 1. The zero-order valence-electron chi connectivity index (χ0n) is 14.4. The van der Waals surface area contributed by atoms with Gasteiger partial charge in [-0.2, -0.15) is 0 Å². The topological polar surface area (TPSA) is 67.6 Å². The van der Waals surface area contributed by atoms with Gasteiger partial charge in [0.05, 0.1) is 19.0 Å². The Bertz CT molecular complexity index is 731. The van der Waals surface area contributed by atoms with Gasteiger partial charge in [-0.05, 0) is 43.5 Å². The fourth-order valence-electron chi connectivity index (χ4n) is 3.90. The van der Waals surface area contributed by atoms with Gasteiger partial charge in [-0.1, -0.05) is 6.07 Å².